The molecule has 0 saturated carbocycles. The highest BCUT2D eigenvalue weighted by Gasteiger charge is 2.13. The molecule has 0 radical (unpaired) electrons. The molecule has 0 atom stereocenters. The number of hydrogen-bond acceptors (Lipinski definition) is 3. The number of aryl methyl sites for hydroxylation is 2. The number of thioether (sulfide) groups is 1. The number of aromatic nitrogens is 1. The largest absolute Gasteiger partial charge is 0.293 e. The molecule has 116 valence electrons. The van der Waals surface area contributed by atoms with Gasteiger partial charge in [0.05, 0.1) is 16.8 Å². The molecule has 1 heterocycles. The lowest BCUT2D eigenvalue weighted by Crippen LogP contribution is -2.05. The average Bonchev–Trinajstić information content (AvgIpc) is 2.53. The maximum absolute atomic E-state index is 13.7. The minimum Gasteiger partial charge on any atom is -0.293 e. The van der Waals surface area contributed by atoms with Crippen molar-refractivity contribution in [1.29, 1.82) is 0 Å². The Kier molecular flexibility index (Phi) is 4.44. The molecular weight excluding hydrogens is 309 g/mol. The Balaban J connectivity index is 1.85. The second-order valence-corrected chi connectivity index (χ2v) is 6.41. The Morgan fingerprint density at radius 1 is 1.09 bits per heavy atom. The number of Topliss-reactive ketones (excluding diaryl/α,β-unsaturated/α-hetero) is 1. The molecule has 0 unspecified atom stereocenters. The van der Waals surface area contributed by atoms with Crippen LogP contribution in [0.4, 0.5) is 4.39 Å². The summed E-state index contributed by atoms with van der Waals surface area (Å²) in [5.74, 6) is -0.525. The number of rotatable bonds is 4. The lowest BCUT2D eigenvalue weighted by Gasteiger charge is -2.08. The zero-order chi connectivity index (χ0) is 16.4. The number of fused-ring (bicyclic) bond motifs is 1. The summed E-state index contributed by atoms with van der Waals surface area (Å²) < 4.78 is 13.7. The predicted octanol–water partition coefficient (Wildman–Crippen LogP) is 4.97. The van der Waals surface area contributed by atoms with Crippen molar-refractivity contribution in [3.63, 3.8) is 0 Å². The summed E-state index contributed by atoms with van der Waals surface area (Å²) in [5.41, 5.74) is 3.20. The van der Waals surface area contributed by atoms with Gasteiger partial charge in [-0.2, -0.15) is 0 Å². The summed E-state index contributed by atoms with van der Waals surface area (Å²) in [6.45, 7) is 3.99. The highest BCUT2D eigenvalue weighted by atomic mass is 32.2. The average molecular weight is 325 g/mol. The molecule has 0 fully saturated rings. The number of nitrogens with zero attached hydrogens (tertiary/aromatic N) is 1. The molecule has 0 spiro atoms. The van der Waals surface area contributed by atoms with E-state index in [0.717, 1.165) is 27.1 Å². The standard InChI is InChI=1S/C19H16FNOS/c1-12-6-5-7-14-10-13(2)19(21-18(12)14)23-11-17(22)15-8-3-4-9-16(15)20/h3-10H,11H2,1-2H3. The zero-order valence-electron chi connectivity index (χ0n) is 13.0. The second kappa shape index (κ2) is 6.50. The summed E-state index contributed by atoms with van der Waals surface area (Å²) in [6.07, 6.45) is 0. The van der Waals surface area contributed by atoms with Crippen molar-refractivity contribution in [3.8, 4) is 0 Å². The van der Waals surface area contributed by atoms with E-state index in [1.165, 1.54) is 23.9 Å². The van der Waals surface area contributed by atoms with Crippen molar-refractivity contribution in [2.45, 2.75) is 18.9 Å². The van der Waals surface area contributed by atoms with E-state index in [2.05, 4.69) is 11.1 Å². The van der Waals surface area contributed by atoms with Gasteiger partial charge >= 0.3 is 0 Å². The third-order valence-corrected chi connectivity index (χ3v) is 4.80. The van der Waals surface area contributed by atoms with Gasteiger partial charge in [-0.25, -0.2) is 9.37 Å². The Hall–Kier alpha value is -2.20. The molecular formula is C19H16FNOS. The molecule has 3 aromatic rings. The van der Waals surface area contributed by atoms with Crippen LogP contribution in [-0.4, -0.2) is 16.5 Å². The Morgan fingerprint density at radius 2 is 1.87 bits per heavy atom. The fourth-order valence-electron chi connectivity index (χ4n) is 2.48. The maximum atomic E-state index is 13.7. The molecule has 0 aliphatic heterocycles. The number of ketones is 1. The van der Waals surface area contributed by atoms with Crippen molar-refractivity contribution < 1.29 is 9.18 Å². The molecule has 0 amide bonds. The van der Waals surface area contributed by atoms with Crippen LogP contribution >= 0.6 is 11.8 Å². The van der Waals surface area contributed by atoms with Crippen molar-refractivity contribution in [1.82, 2.24) is 4.98 Å². The van der Waals surface area contributed by atoms with Crippen molar-refractivity contribution >= 4 is 28.4 Å². The Labute approximate surface area is 138 Å². The maximum Gasteiger partial charge on any atom is 0.176 e. The number of carbonyl (C=O) groups excluding carboxylic acids is 1. The number of pyridine rings is 1. The molecule has 0 N–H and O–H groups in total. The molecule has 0 saturated heterocycles. The van der Waals surface area contributed by atoms with Crippen LogP contribution in [0.5, 0.6) is 0 Å². The van der Waals surface area contributed by atoms with Crippen LogP contribution in [0.1, 0.15) is 21.5 Å². The summed E-state index contributed by atoms with van der Waals surface area (Å²) >= 11 is 1.35. The van der Waals surface area contributed by atoms with Crippen molar-refractivity contribution in [2.24, 2.45) is 0 Å². The van der Waals surface area contributed by atoms with Gasteiger partial charge in [0, 0.05) is 5.39 Å². The number of halogens is 1. The van der Waals surface area contributed by atoms with Gasteiger partial charge in [-0.15, -0.1) is 0 Å². The van der Waals surface area contributed by atoms with Gasteiger partial charge in [0.25, 0.3) is 0 Å². The minimum absolute atomic E-state index is 0.134. The third kappa shape index (κ3) is 3.27. The molecule has 0 aliphatic carbocycles. The van der Waals surface area contributed by atoms with Crippen LogP contribution in [0.2, 0.25) is 0 Å². The zero-order valence-corrected chi connectivity index (χ0v) is 13.8. The Morgan fingerprint density at radius 3 is 2.65 bits per heavy atom. The van der Waals surface area contributed by atoms with Gasteiger partial charge in [-0.05, 0) is 43.2 Å². The Bertz CT molecular complexity index is 892. The van der Waals surface area contributed by atoms with Crippen LogP contribution in [-0.2, 0) is 0 Å². The van der Waals surface area contributed by atoms with Crippen LogP contribution in [0.25, 0.3) is 10.9 Å². The molecule has 0 bridgehead atoms. The van der Waals surface area contributed by atoms with E-state index in [1.54, 1.807) is 12.1 Å². The van der Waals surface area contributed by atoms with Crippen LogP contribution < -0.4 is 0 Å². The smallest absolute Gasteiger partial charge is 0.176 e. The van der Waals surface area contributed by atoms with Gasteiger partial charge in [0.1, 0.15) is 10.8 Å². The quantitative estimate of drug-likeness (QED) is 0.501. The molecule has 23 heavy (non-hydrogen) atoms. The van der Waals surface area contributed by atoms with Crippen molar-refractivity contribution in [3.05, 3.63) is 71.0 Å². The summed E-state index contributed by atoms with van der Waals surface area (Å²) in [7, 11) is 0. The fourth-order valence-corrected chi connectivity index (χ4v) is 3.35. The van der Waals surface area contributed by atoms with E-state index in [4.69, 9.17) is 0 Å². The van der Waals surface area contributed by atoms with Crippen molar-refractivity contribution in [2.75, 3.05) is 5.75 Å². The fraction of sp³-hybridized carbons (Fsp3) is 0.158. The van der Waals surface area contributed by atoms with Gasteiger partial charge < -0.3 is 0 Å². The first kappa shape index (κ1) is 15.7. The third-order valence-electron chi connectivity index (χ3n) is 3.71. The van der Waals surface area contributed by atoms with Gasteiger partial charge in [-0.3, -0.25) is 4.79 Å². The van der Waals surface area contributed by atoms with Gasteiger partial charge in [-0.1, -0.05) is 42.1 Å². The number of hydrogen-bond donors (Lipinski definition) is 0. The van der Waals surface area contributed by atoms with E-state index in [0.29, 0.717) is 0 Å². The SMILES string of the molecule is Cc1cc2cccc(C)c2nc1SCC(=O)c1ccccc1F. The first-order valence-corrected chi connectivity index (χ1v) is 8.32. The van der Waals surface area contributed by atoms with E-state index in [1.807, 2.05) is 32.0 Å². The normalized spacial score (nSPS) is 10.9. The van der Waals surface area contributed by atoms with Crippen LogP contribution in [0.3, 0.4) is 0 Å². The molecule has 1 aromatic heterocycles. The summed E-state index contributed by atoms with van der Waals surface area (Å²) in [6, 6.07) is 14.2. The summed E-state index contributed by atoms with van der Waals surface area (Å²) in [5, 5.41) is 1.91. The number of benzene rings is 2. The molecule has 4 heteroatoms. The van der Waals surface area contributed by atoms with E-state index in [-0.39, 0.29) is 17.1 Å². The number of carbonyl (C=O) groups is 1. The van der Waals surface area contributed by atoms with Gasteiger partial charge in [0.2, 0.25) is 0 Å². The highest BCUT2D eigenvalue weighted by molar-refractivity contribution is 8.00. The van der Waals surface area contributed by atoms with E-state index < -0.39 is 5.82 Å². The van der Waals surface area contributed by atoms with E-state index in [9.17, 15) is 9.18 Å². The highest BCUT2D eigenvalue weighted by Crippen LogP contribution is 2.26. The molecule has 2 aromatic carbocycles. The van der Waals surface area contributed by atoms with Crippen LogP contribution in [0, 0.1) is 19.7 Å². The van der Waals surface area contributed by atoms with E-state index >= 15 is 0 Å². The first-order valence-electron chi connectivity index (χ1n) is 7.34. The topological polar surface area (TPSA) is 30.0 Å². The second-order valence-electron chi connectivity index (χ2n) is 5.45. The molecule has 3 rings (SSSR count). The molecule has 2 nitrogen and oxygen atoms in total. The minimum atomic E-state index is -0.475. The van der Waals surface area contributed by atoms with Crippen LogP contribution in [0.15, 0.2) is 53.6 Å². The first-order chi connectivity index (χ1) is 11.1. The summed E-state index contributed by atoms with van der Waals surface area (Å²) in [4.78, 5) is 16.9. The lowest BCUT2D eigenvalue weighted by molar-refractivity contribution is 0.101. The monoisotopic (exact) mass is 325 g/mol. The number of para-hydroxylation sites is 1. The lowest BCUT2D eigenvalue weighted by atomic mass is 10.1. The predicted molar refractivity (Wildman–Crippen MR) is 92.7 cm³/mol. The molecule has 0 aliphatic rings. The van der Waals surface area contributed by atoms with Gasteiger partial charge in [0.15, 0.2) is 5.78 Å².